The van der Waals surface area contributed by atoms with Crippen LogP contribution in [0.3, 0.4) is 0 Å². The Labute approximate surface area is 83.6 Å². The van der Waals surface area contributed by atoms with Crippen molar-refractivity contribution in [3.63, 3.8) is 0 Å². The molecule has 0 aliphatic heterocycles. The van der Waals surface area contributed by atoms with Crippen molar-refractivity contribution in [1.82, 2.24) is 0 Å². The number of benzene rings is 1. The summed E-state index contributed by atoms with van der Waals surface area (Å²) in [7, 11) is 0. The highest BCUT2D eigenvalue weighted by Gasteiger charge is 2.06. The molecule has 0 unspecified atom stereocenters. The lowest BCUT2D eigenvalue weighted by Crippen LogP contribution is -2.13. The molecule has 3 N–H and O–H groups in total. The summed E-state index contributed by atoms with van der Waals surface area (Å²) >= 11 is 0. The molecule has 0 spiro atoms. The van der Waals surface area contributed by atoms with Gasteiger partial charge in [-0.2, -0.15) is 0 Å². The van der Waals surface area contributed by atoms with Crippen LogP contribution in [-0.2, 0) is 6.42 Å². The molecule has 0 aromatic heterocycles. The van der Waals surface area contributed by atoms with Crippen molar-refractivity contribution in [2.45, 2.75) is 19.8 Å². The average molecular weight is 193 g/mol. The Morgan fingerprint density at radius 3 is 2.79 bits per heavy atom. The molecule has 0 saturated carbocycles. The van der Waals surface area contributed by atoms with E-state index in [0.29, 0.717) is 5.56 Å². The molecule has 1 aromatic carbocycles. The number of rotatable bonds is 4. The first kappa shape index (κ1) is 10.7. The first-order chi connectivity index (χ1) is 6.69. The molecular weight excluding hydrogens is 178 g/mol. The van der Waals surface area contributed by atoms with Crippen LogP contribution in [0.15, 0.2) is 18.2 Å². The van der Waals surface area contributed by atoms with E-state index in [2.05, 4.69) is 0 Å². The van der Waals surface area contributed by atoms with Crippen molar-refractivity contribution in [2.75, 3.05) is 6.54 Å². The molecule has 0 amide bonds. The first-order valence-electron chi connectivity index (χ1n) is 4.74. The van der Waals surface area contributed by atoms with E-state index in [1.807, 2.05) is 6.92 Å². The van der Waals surface area contributed by atoms with E-state index in [9.17, 15) is 9.90 Å². The van der Waals surface area contributed by atoms with Gasteiger partial charge in [-0.15, -0.1) is 0 Å². The van der Waals surface area contributed by atoms with Gasteiger partial charge in [0.2, 0.25) is 0 Å². The minimum Gasteiger partial charge on any atom is -0.508 e. The van der Waals surface area contributed by atoms with Gasteiger partial charge in [-0.05, 0) is 30.2 Å². The van der Waals surface area contributed by atoms with Crippen molar-refractivity contribution in [3.05, 3.63) is 29.3 Å². The Bertz CT molecular complexity index is 334. The summed E-state index contributed by atoms with van der Waals surface area (Å²) in [4.78, 5) is 11.3. The van der Waals surface area contributed by atoms with Crippen LogP contribution in [0.1, 0.15) is 29.3 Å². The maximum absolute atomic E-state index is 11.3. The maximum Gasteiger partial charge on any atom is 0.176 e. The van der Waals surface area contributed by atoms with Crippen molar-refractivity contribution >= 4 is 5.78 Å². The minimum absolute atomic E-state index is 0.0103. The summed E-state index contributed by atoms with van der Waals surface area (Å²) < 4.78 is 0. The van der Waals surface area contributed by atoms with Gasteiger partial charge in [0.25, 0.3) is 0 Å². The van der Waals surface area contributed by atoms with Crippen LogP contribution < -0.4 is 5.73 Å². The summed E-state index contributed by atoms with van der Waals surface area (Å²) in [5, 5.41) is 9.48. The zero-order valence-electron chi connectivity index (χ0n) is 8.29. The van der Waals surface area contributed by atoms with Crippen LogP contribution in [0.25, 0.3) is 0 Å². The largest absolute Gasteiger partial charge is 0.508 e. The van der Waals surface area contributed by atoms with Crippen LogP contribution in [0.5, 0.6) is 5.75 Å². The van der Waals surface area contributed by atoms with Gasteiger partial charge in [0, 0.05) is 5.56 Å². The summed E-state index contributed by atoms with van der Waals surface area (Å²) in [5.74, 6) is 0.155. The van der Waals surface area contributed by atoms with Gasteiger partial charge >= 0.3 is 0 Å². The second-order valence-corrected chi connectivity index (χ2v) is 3.22. The molecule has 1 rings (SSSR count). The Morgan fingerprint density at radius 2 is 2.21 bits per heavy atom. The highest BCUT2D eigenvalue weighted by Crippen LogP contribution is 2.20. The van der Waals surface area contributed by atoms with Crippen LogP contribution >= 0.6 is 0 Å². The van der Waals surface area contributed by atoms with E-state index in [1.165, 1.54) is 0 Å². The highest BCUT2D eigenvalue weighted by atomic mass is 16.3. The fourth-order valence-corrected chi connectivity index (χ4v) is 1.35. The van der Waals surface area contributed by atoms with E-state index in [-0.39, 0.29) is 18.1 Å². The number of carbonyl (C=O) groups is 1. The van der Waals surface area contributed by atoms with Gasteiger partial charge in [0.05, 0.1) is 6.54 Å². The Kier molecular flexibility index (Phi) is 3.65. The van der Waals surface area contributed by atoms with Crippen LogP contribution in [-0.4, -0.2) is 17.4 Å². The summed E-state index contributed by atoms with van der Waals surface area (Å²) in [5.41, 5.74) is 6.64. The molecule has 0 radical (unpaired) electrons. The molecule has 0 saturated heterocycles. The quantitative estimate of drug-likeness (QED) is 0.712. The van der Waals surface area contributed by atoms with Crippen molar-refractivity contribution in [3.8, 4) is 5.75 Å². The normalized spacial score (nSPS) is 10.1. The van der Waals surface area contributed by atoms with Crippen LogP contribution in [0, 0.1) is 0 Å². The topological polar surface area (TPSA) is 63.3 Å². The molecule has 0 heterocycles. The number of ketones is 1. The smallest absolute Gasteiger partial charge is 0.176 e. The monoisotopic (exact) mass is 193 g/mol. The van der Waals surface area contributed by atoms with E-state index in [1.54, 1.807) is 18.2 Å². The van der Waals surface area contributed by atoms with Gasteiger partial charge in [-0.3, -0.25) is 4.79 Å². The molecule has 0 fully saturated rings. The van der Waals surface area contributed by atoms with E-state index < -0.39 is 0 Å². The highest BCUT2D eigenvalue weighted by molar-refractivity contribution is 5.97. The molecule has 3 heteroatoms. The van der Waals surface area contributed by atoms with Crippen molar-refractivity contribution < 1.29 is 9.90 Å². The second-order valence-electron chi connectivity index (χ2n) is 3.22. The summed E-state index contributed by atoms with van der Waals surface area (Å²) in [6.45, 7) is 2.03. The number of phenols is 1. The van der Waals surface area contributed by atoms with Crippen molar-refractivity contribution in [1.29, 1.82) is 0 Å². The number of nitrogens with two attached hydrogens (primary N) is 1. The fourth-order valence-electron chi connectivity index (χ4n) is 1.35. The zero-order chi connectivity index (χ0) is 10.6. The molecule has 14 heavy (non-hydrogen) atoms. The van der Waals surface area contributed by atoms with Gasteiger partial charge in [0.15, 0.2) is 5.78 Å². The predicted molar refractivity (Wildman–Crippen MR) is 55.5 cm³/mol. The summed E-state index contributed by atoms with van der Waals surface area (Å²) in [6, 6.07) is 4.87. The summed E-state index contributed by atoms with van der Waals surface area (Å²) in [6.07, 6.45) is 1.71. The van der Waals surface area contributed by atoms with E-state index >= 15 is 0 Å². The third-order valence-corrected chi connectivity index (χ3v) is 2.11. The third kappa shape index (κ3) is 2.33. The van der Waals surface area contributed by atoms with Crippen molar-refractivity contribution in [2.24, 2.45) is 5.73 Å². The van der Waals surface area contributed by atoms with Gasteiger partial charge in [-0.1, -0.05) is 13.3 Å². The zero-order valence-corrected chi connectivity index (χ0v) is 8.29. The van der Waals surface area contributed by atoms with Crippen LogP contribution in [0.2, 0.25) is 0 Å². The number of phenolic OH excluding ortho intramolecular Hbond substituents is 1. The first-order valence-corrected chi connectivity index (χ1v) is 4.74. The molecule has 0 bridgehead atoms. The van der Waals surface area contributed by atoms with E-state index in [0.717, 1.165) is 18.4 Å². The molecular formula is C11H15NO2. The number of hydrogen-bond donors (Lipinski definition) is 2. The SMILES string of the molecule is CCCc1cc(C(=O)CN)ccc1O. The number of hydrogen-bond acceptors (Lipinski definition) is 3. The van der Waals surface area contributed by atoms with Gasteiger partial charge in [-0.25, -0.2) is 0 Å². The van der Waals surface area contributed by atoms with E-state index in [4.69, 9.17) is 5.73 Å². The number of aryl methyl sites for hydroxylation is 1. The third-order valence-electron chi connectivity index (χ3n) is 2.11. The molecule has 76 valence electrons. The van der Waals surface area contributed by atoms with Gasteiger partial charge < -0.3 is 10.8 Å². The second kappa shape index (κ2) is 4.77. The molecule has 0 atom stereocenters. The lowest BCUT2D eigenvalue weighted by Gasteiger charge is -2.05. The average Bonchev–Trinajstić information content (AvgIpc) is 2.20. The molecule has 1 aromatic rings. The maximum atomic E-state index is 11.3. The lowest BCUT2D eigenvalue weighted by molar-refractivity contribution is 0.100. The number of carbonyl (C=O) groups excluding carboxylic acids is 1. The standard InChI is InChI=1S/C11H15NO2/c1-2-3-8-6-9(11(14)7-12)4-5-10(8)13/h4-6,13H,2-3,7,12H2,1H3. The molecule has 0 aliphatic rings. The van der Waals surface area contributed by atoms with Crippen LogP contribution in [0.4, 0.5) is 0 Å². The Morgan fingerprint density at radius 1 is 1.50 bits per heavy atom. The molecule has 3 nitrogen and oxygen atoms in total. The molecule has 0 aliphatic carbocycles. The minimum atomic E-state index is -0.0950. The number of aromatic hydroxyl groups is 1. The fraction of sp³-hybridized carbons (Fsp3) is 0.364. The number of Topliss-reactive ketones (excluding diaryl/α,β-unsaturated/α-hetero) is 1. The predicted octanol–water partition coefficient (Wildman–Crippen LogP) is 1.49. The van der Waals surface area contributed by atoms with Gasteiger partial charge in [0.1, 0.15) is 5.75 Å². The Hall–Kier alpha value is -1.35. The lowest BCUT2D eigenvalue weighted by atomic mass is 10.0. The Balaban J connectivity index is 2.99.